The molecule has 0 aliphatic heterocycles. The Labute approximate surface area is 170 Å². The minimum Gasteiger partial charge on any atom is -0.366 e. The number of fused-ring (bicyclic) bond motifs is 1. The van der Waals surface area contributed by atoms with Gasteiger partial charge in [0.1, 0.15) is 17.3 Å². The number of primary amides is 1. The molecule has 0 saturated carbocycles. The first kappa shape index (κ1) is 19.3. The summed E-state index contributed by atoms with van der Waals surface area (Å²) in [4.78, 5) is 24.4. The van der Waals surface area contributed by atoms with Gasteiger partial charge in [-0.2, -0.15) is 0 Å². The zero-order valence-corrected chi connectivity index (χ0v) is 15.7. The van der Waals surface area contributed by atoms with Crippen LogP contribution in [-0.2, 0) is 6.54 Å². The van der Waals surface area contributed by atoms with Gasteiger partial charge in [0.05, 0.1) is 12.1 Å². The molecule has 0 bridgehead atoms. The number of aromatic nitrogens is 1. The summed E-state index contributed by atoms with van der Waals surface area (Å²) >= 11 is 0. The van der Waals surface area contributed by atoms with E-state index in [1.165, 1.54) is 18.2 Å². The number of hydrogen-bond acceptors (Lipinski definition) is 2. The van der Waals surface area contributed by atoms with E-state index in [4.69, 9.17) is 5.73 Å². The zero-order chi connectivity index (χ0) is 21.3. The second-order valence-corrected chi connectivity index (χ2v) is 6.78. The number of amides is 2. The molecule has 0 saturated heterocycles. The number of nitrogens with one attached hydrogen (secondary N) is 1. The van der Waals surface area contributed by atoms with Gasteiger partial charge in [0.15, 0.2) is 0 Å². The van der Waals surface area contributed by atoms with Gasteiger partial charge in [-0.3, -0.25) is 9.59 Å². The fourth-order valence-electron chi connectivity index (χ4n) is 3.35. The summed E-state index contributed by atoms with van der Waals surface area (Å²) in [6.45, 7) is 0.152. The van der Waals surface area contributed by atoms with Crippen LogP contribution in [-0.4, -0.2) is 16.4 Å². The minimum absolute atomic E-state index is 0.152. The highest BCUT2D eigenvalue weighted by molar-refractivity contribution is 6.07. The number of hydrogen-bond donors (Lipinski definition) is 2. The molecule has 1 aromatic heterocycles. The number of rotatable bonds is 5. The molecular formula is C23H17F2N3O2. The van der Waals surface area contributed by atoms with Crippen LogP contribution < -0.4 is 11.1 Å². The lowest BCUT2D eigenvalue weighted by Gasteiger charge is -2.12. The number of para-hydroxylation sites is 1. The SMILES string of the molecule is NC(=O)c1cc(NC(=O)c2cc3ccccc3n2Cc2ccccc2F)ccc1F. The van der Waals surface area contributed by atoms with Crippen LogP contribution >= 0.6 is 0 Å². The molecule has 2 amide bonds. The zero-order valence-electron chi connectivity index (χ0n) is 15.7. The highest BCUT2D eigenvalue weighted by Gasteiger charge is 2.18. The third-order valence-electron chi connectivity index (χ3n) is 4.82. The third kappa shape index (κ3) is 3.65. The van der Waals surface area contributed by atoms with Gasteiger partial charge in [-0.1, -0.05) is 36.4 Å². The molecule has 3 N–H and O–H groups in total. The quantitative estimate of drug-likeness (QED) is 0.519. The summed E-state index contributed by atoms with van der Waals surface area (Å²) in [6.07, 6.45) is 0. The lowest BCUT2D eigenvalue weighted by atomic mass is 10.1. The molecule has 4 aromatic rings. The van der Waals surface area contributed by atoms with Crippen molar-refractivity contribution in [2.45, 2.75) is 6.54 Å². The Kier molecular flexibility index (Phi) is 5.02. The van der Waals surface area contributed by atoms with Crippen LogP contribution in [0.2, 0.25) is 0 Å². The summed E-state index contributed by atoms with van der Waals surface area (Å²) < 4.78 is 29.6. The van der Waals surface area contributed by atoms with Gasteiger partial charge < -0.3 is 15.6 Å². The smallest absolute Gasteiger partial charge is 0.272 e. The predicted octanol–water partition coefficient (Wildman–Crippen LogP) is 4.32. The van der Waals surface area contributed by atoms with Crippen molar-refractivity contribution in [1.29, 1.82) is 0 Å². The number of halogens is 2. The first-order valence-electron chi connectivity index (χ1n) is 9.16. The van der Waals surface area contributed by atoms with Crippen molar-refractivity contribution >= 4 is 28.4 Å². The Balaban J connectivity index is 1.73. The van der Waals surface area contributed by atoms with Crippen LogP contribution in [0.5, 0.6) is 0 Å². The minimum atomic E-state index is -0.933. The first-order chi connectivity index (χ1) is 14.4. The van der Waals surface area contributed by atoms with Crippen LogP contribution in [0.4, 0.5) is 14.5 Å². The molecule has 0 atom stereocenters. The first-order valence-corrected chi connectivity index (χ1v) is 9.16. The fourth-order valence-corrected chi connectivity index (χ4v) is 3.35. The van der Waals surface area contributed by atoms with Gasteiger partial charge in [0, 0.05) is 22.2 Å². The van der Waals surface area contributed by atoms with Crippen molar-refractivity contribution in [2.75, 3.05) is 5.32 Å². The van der Waals surface area contributed by atoms with Crippen molar-refractivity contribution in [2.24, 2.45) is 5.73 Å². The van der Waals surface area contributed by atoms with Gasteiger partial charge in [0.2, 0.25) is 0 Å². The van der Waals surface area contributed by atoms with Crippen molar-refractivity contribution in [3.05, 3.63) is 101 Å². The molecule has 0 fully saturated rings. The average molecular weight is 405 g/mol. The summed E-state index contributed by atoms with van der Waals surface area (Å²) in [6, 6.07) is 19.0. The Morgan fingerprint density at radius 3 is 2.40 bits per heavy atom. The van der Waals surface area contributed by atoms with E-state index in [-0.39, 0.29) is 23.6 Å². The molecule has 150 valence electrons. The van der Waals surface area contributed by atoms with Crippen molar-refractivity contribution in [3.63, 3.8) is 0 Å². The molecule has 0 aliphatic carbocycles. The molecule has 0 radical (unpaired) electrons. The maximum absolute atomic E-state index is 14.2. The predicted molar refractivity (Wildman–Crippen MR) is 110 cm³/mol. The highest BCUT2D eigenvalue weighted by Crippen LogP contribution is 2.24. The van der Waals surface area contributed by atoms with Gasteiger partial charge in [-0.15, -0.1) is 0 Å². The maximum Gasteiger partial charge on any atom is 0.272 e. The largest absolute Gasteiger partial charge is 0.366 e. The van der Waals surface area contributed by atoms with Gasteiger partial charge in [-0.25, -0.2) is 8.78 Å². The van der Waals surface area contributed by atoms with Gasteiger partial charge in [0.25, 0.3) is 11.8 Å². The van der Waals surface area contributed by atoms with Crippen LogP contribution in [0.1, 0.15) is 26.4 Å². The number of anilines is 1. The van der Waals surface area contributed by atoms with E-state index in [9.17, 15) is 18.4 Å². The van der Waals surface area contributed by atoms with Crippen LogP contribution in [0.25, 0.3) is 10.9 Å². The Bertz CT molecular complexity index is 1280. The maximum atomic E-state index is 14.2. The standard InChI is InChI=1S/C23H17F2N3O2/c24-18-7-3-1-6-15(18)13-28-20-8-4-2-5-14(20)11-21(28)23(30)27-16-9-10-19(25)17(12-16)22(26)29/h1-12H,13H2,(H2,26,29)(H,27,30). The number of benzene rings is 3. The highest BCUT2D eigenvalue weighted by atomic mass is 19.1. The van der Waals surface area contributed by atoms with E-state index in [1.54, 1.807) is 28.8 Å². The van der Waals surface area contributed by atoms with E-state index in [1.807, 2.05) is 24.3 Å². The summed E-state index contributed by atoms with van der Waals surface area (Å²) in [5.41, 5.74) is 6.57. The molecule has 0 spiro atoms. The molecule has 7 heteroatoms. The normalized spacial score (nSPS) is 10.9. The molecule has 3 aromatic carbocycles. The lowest BCUT2D eigenvalue weighted by Crippen LogP contribution is -2.19. The summed E-state index contributed by atoms with van der Waals surface area (Å²) in [7, 11) is 0. The van der Waals surface area contributed by atoms with E-state index < -0.39 is 17.6 Å². The number of carbonyl (C=O) groups excluding carboxylic acids is 2. The molecule has 30 heavy (non-hydrogen) atoms. The van der Waals surface area contributed by atoms with Crippen LogP contribution in [0, 0.1) is 11.6 Å². The summed E-state index contributed by atoms with van der Waals surface area (Å²) in [5.74, 6) is -2.55. The molecule has 1 heterocycles. The Morgan fingerprint density at radius 2 is 1.63 bits per heavy atom. The van der Waals surface area contributed by atoms with Crippen molar-refractivity contribution in [1.82, 2.24) is 4.57 Å². The number of nitrogens with zero attached hydrogens (tertiary/aromatic N) is 1. The fraction of sp³-hybridized carbons (Fsp3) is 0.0435. The summed E-state index contributed by atoms with van der Waals surface area (Å²) in [5, 5.41) is 3.47. The topological polar surface area (TPSA) is 77.1 Å². The van der Waals surface area contributed by atoms with Crippen molar-refractivity contribution < 1.29 is 18.4 Å². The van der Waals surface area contributed by atoms with E-state index in [2.05, 4.69) is 5.32 Å². The molecule has 0 unspecified atom stereocenters. The van der Waals surface area contributed by atoms with Gasteiger partial charge in [-0.05, 0) is 36.4 Å². The number of nitrogens with two attached hydrogens (primary N) is 1. The van der Waals surface area contributed by atoms with Crippen molar-refractivity contribution in [3.8, 4) is 0 Å². The lowest BCUT2D eigenvalue weighted by molar-refractivity contribution is 0.0991. The second kappa shape index (κ2) is 7.79. The Hall–Kier alpha value is -4.00. The molecule has 5 nitrogen and oxygen atoms in total. The molecule has 0 aliphatic rings. The van der Waals surface area contributed by atoms with Crippen LogP contribution in [0.15, 0.2) is 72.8 Å². The van der Waals surface area contributed by atoms with E-state index in [0.717, 1.165) is 17.0 Å². The van der Waals surface area contributed by atoms with Crippen LogP contribution in [0.3, 0.4) is 0 Å². The third-order valence-corrected chi connectivity index (χ3v) is 4.82. The monoisotopic (exact) mass is 405 g/mol. The van der Waals surface area contributed by atoms with E-state index >= 15 is 0 Å². The molecule has 4 rings (SSSR count). The average Bonchev–Trinajstić information content (AvgIpc) is 3.09. The molecular weight excluding hydrogens is 388 g/mol. The number of carbonyl (C=O) groups is 2. The Morgan fingerprint density at radius 1 is 0.900 bits per heavy atom. The van der Waals surface area contributed by atoms with E-state index in [0.29, 0.717) is 11.3 Å². The van der Waals surface area contributed by atoms with Gasteiger partial charge >= 0.3 is 0 Å². The second-order valence-electron chi connectivity index (χ2n) is 6.78.